The highest BCUT2D eigenvalue weighted by molar-refractivity contribution is 5.92. The van der Waals surface area contributed by atoms with Crippen molar-refractivity contribution in [3.05, 3.63) is 57.5 Å². The number of aryl methyl sites for hydroxylation is 1. The van der Waals surface area contributed by atoms with E-state index in [-0.39, 0.29) is 17.5 Å². The second-order valence-electron chi connectivity index (χ2n) is 8.40. The minimum absolute atomic E-state index is 0.117. The van der Waals surface area contributed by atoms with Crippen molar-refractivity contribution in [1.82, 2.24) is 25.2 Å². The lowest BCUT2D eigenvalue weighted by molar-refractivity contribution is 0.0958. The van der Waals surface area contributed by atoms with Crippen molar-refractivity contribution in [2.75, 3.05) is 38.2 Å². The van der Waals surface area contributed by atoms with E-state index in [1.165, 1.54) is 0 Å². The van der Waals surface area contributed by atoms with Gasteiger partial charge in [-0.05, 0) is 25.5 Å². The van der Waals surface area contributed by atoms with Gasteiger partial charge in [0.2, 0.25) is 0 Å². The summed E-state index contributed by atoms with van der Waals surface area (Å²) in [5, 5.41) is 2.57. The number of piperazine rings is 1. The lowest BCUT2D eigenvalue weighted by Gasteiger charge is -2.43. The third-order valence-corrected chi connectivity index (χ3v) is 6.41. The zero-order chi connectivity index (χ0) is 23.1. The van der Waals surface area contributed by atoms with Crippen LogP contribution in [0.15, 0.2) is 29.2 Å². The van der Waals surface area contributed by atoms with Crippen LogP contribution in [0.1, 0.15) is 28.2 Å². The molecule has 1 saturated heterocycles. The smallest absolute Gasteiger partial charge is 0.269 e. The van der Waals surface area contributed by atoms with Crippen molar-refractivity contribution in [1.29, 1.82) is 0 Å². The number of hydrogen-bond acceptors (Lipinski definition) is 7. The number of aromatic nitrogens is 3. The SMILES string of the molecule is CNC(=O)c1ccc(N2CCN3Cc4c(cc5nc(C)c(=O)[nH]c5c4F)OCC[C@H]3C2)cn1. The number of H-pyrrole nitrogens is 1. The van der Waals surface area contributed by atoms with Gasteiger partial charge >= 0.3 is 0 Å². The molecule has 0 unspecified atom stereocenters. The van der Waals surface area contributed by atoms with E-state index in [2.05, 4.69) is 30.1 Å². The van der Waals surface area contributed by atoms with Gasteiger partial charge < -0.3 is 19.9 Å². The molecule has 0 saturated carbocycles. The molecule has 2 aromatic heterocycles. The van der Waals surface area contributed by atoms with Gasteiger partial charge in [-0.15, -0.1) is 0 Å². The van der Waals surface area contributed by atoms with Gasteiger partial charge in [0.1, 0.15) is 22.7 Å². The quantitative estimate of drug-likeness (QED) is 0.609. The Morgan fingerprint density at radius 3 is 2.94 bits per heavy atom. The van der Waals surface area contributed by atoms with E-state index in [1.807, 2.05) is 6.07 Å². The van der Waals surface area contributed by atoms with Crippen molar-refractivity contribution in [3.63, 3.8) is 0 Å². The molecule has 33 heavy (non-hydrogen) atoms. The lowest BCUT2D eigenvalue weighted by atomic mass is 10.0. The molecule has 172 valence electrons. The molecule has 0 spiro atoms. The summed E-state index contributed by atoms with van der Waals surface area (Å²) in [6.45, 7) is 4.66. The van der Waals surface area contributed by atoms with E-state index in [1.54, 1.807) is 32.3 Å². The summed E-state index contributed by atoms with van der Waals surface area (Å²) in [5.74, 6) is -0.221. The normalized spacial score (nSPS) is 18.6. The van der Waals surface area contributed by atoms with Crippen LogP contribution in [0.4, 0.5) is 10.1 Å². The number of halogens is 1. The van der Waals surface area contributed by atoms with Crippen LogP contribution >= 0.6 is 0 Å². The fraction of sp³-hybridized carbons (Fsp3) is 0.391. The number of benzene rings is 1. The first-order chi connectivity index (χ1) is 15.9. The lowest BCUT2D eigenvalue weighted by Crippen LogP contribution is -2.53. The van der Waals surface area contributed by atoms with Crippen LogP contribution in [-0.4, -0.2) is 65.1 Å². The molecule has 1 aromatic carbocycles. The van der Waals surface area contributed by atoms with Crippen LogP contribution in [0.2, 0.25) is 0 Å². The molecule has 1 atom stereocenters. The maximum atomic E-state index is 15.4. The predicted octanol–water partition coefficient (Wildman–Crippen LogP) is 1.60. The van der Waals surface area contributed by atoms with Gasteiger partial charge in [0.05, 0.1) is 24.0 Å². The minimum atomic E-state index is -0.482. The molecule has 2 N–H and O–H groups in total. The van der Waals surface area contributed by atoms with Gasteiger partial charge in [-0.25, -0.2) is 14.4 Å². The van der Waals surface area contributed by atoms with Crippen LogP contribution in [-0.2, 0) is 6.54 Å². The number of aromatic amines is 1. The van der Waals surface area contributed by atoms with E-state index in [0.717, 1.165) is 31.7 Å². The summed E-state index contributed by atoms with van der Waals surface area (Å²) in [6.07, 6.45) is 2.50. The van der Waals surface area contributed by atoms with Gasteiger partial charge in [0.25, 0.3) is 11.5 Å². The highest BCUT2D eigenvalue weighted by atomic mass is 19.1. The van der Waals surface area contributed by atoms with Crippen LogP contribution in [0.3, 0.4) is 0 Å². The van der Waals surface area contributed by atoms with Crippen LogP contribution in [0, 0.1) is 12.7 Å². The number of carbonyl (C=O) groups is 1. The molecule has 2 aliphatic heterocycles. The van der Waals surface area contributed by atoms with Gasteiger partial charge in [0.15, 0.2) is 5.82 Å². The van der Waals surface area contributed by atoms with Gasteiger partial charge in [-0.3, -0.25) is 14.5 Å². The number of amides is 1. The molecule has 5 rings (SSSR count). The number of pyridine rings is 1. The number of nitrogens with one attached hydrogen (secondary N) is 2. The standard InChI is InChI=1S/C23H25FN6O3/c1-13-22(31)28-21-18(27-13)9-19-16(20(21)24)12-30-7-6-29(11-15(30)5-8-33-19)14-3-4-17(26-10-14)23(32)25-2/h3-4,9-10,15H,5-8,11-12H2,1-2H3,(H,25,32)(H,28,31)/t15-/m0/s1. The minimum Gasteiger partial charge on any atom is -0.493 e. The first kappa shape index (κ1) is 21.3. The molecule has 0 radical (unpaired) electrons. The predicted molar refractivity (Wildman–Crippen MR) is 121 cm³/mol. The number of hydrogen-bond donors (Lipinski definition) is 2. The first-order valence-corrected chi connectivity index (χ1v) is 11.0. The molecule has 10 heteroatoms. The number of ether oxygens (including phenoxy) is 1. The molecule has 0 bridgehead atoms. The van der Waals surface area contributed by atoms with Crippen molar-refractivity contribution in [2.45, 2.75) is 25.9 Å². The van der Waals surface area contributed by atoms with E-state index in [4.69, 9.17) is 4.74 Å². The Balaban J connectivity index is 1.39. The highest BCUT2D eigenvalue weighted by Crippen LogP contribution is 2.33. The van der Waals surface area contributed by atoms with Crippen molar-refractivity contribution in [3.8, 4) is 5.75 Å². The molecular weight excluding hydrogens is 427 g/mol. The second kappa shape index (κ2) is 8.43. The molecule has 1 fully saturated rings. The summed E-state index contributed by atoms with van der Waals surface area (Å²) in [7, 11) is 1.58. The summed E-state index contributed by atoms with van der Waals surface area (Å²) in [6, 6.07) is 5.50. The summed E-state index contributed by atoms with van der Waals surface area (Å²) in [5.41, 5.74) is 2.17. The Hall–Kier alpha value is -3.53. The molecule has 1 amide bonds. The zero-order valence-electron chi connectivity index (χ0n) is 18.5. The Labute approximate surface area is 189 Å². The Morgan fingerprint density at radius 2 is 2.18 bits per heavy atom. The fourth-order valence-electron chi connectivity index (χ4n) is 4.53. The Kier molecular flexibility index (Phi) is 5.45. The van der Waals surface area contributed by atoms with E-state index < -0.39 is 11.4 Å². The molecule has 2 aliphatic rings. The summed E-state index contributed by atoms with van der Waals surface area (Å²) < 4.78 is 21.4. The Bertz CT molecular complexity index is 1280. The van der Waals surface area contributed by atoms with Gasteiger partial charge in [-0.2, -0.15) is 0 Å². The topological polar surface area (TPSA) is 103 Å². The van der Waals surface area contributed by atoms with Crippen molar-refractivity contribution in [2.24, 2.45) is 0 Å². The number of rotatable bonds is 2. The third-order valence-electron chi connectivity index (χ3n) is 6.41. The Morgan fingerprint density at radius 1 is 1.33 bits per heavy atom. The maximum absolute atomic E-state index is 15.4. The van der Waals surface area contributed by atoms with Gasteiger partial charge in [-0.1, -0.05) is 0 Å². The monoisotopic (exact) mass is 452 g/mol. The highest BCUT2D eigenvalue weighted by Gasteiger charge is 2.31. The van der Waals surface area contributed by atoms with Crippen LogP contribution < -0.4 is 20.5 Å². The second-order valence-corrected chi connectivity index (χ2v) is 8.40. The zero-order valence-corrected chi connectivity index (χ0v) is 18.5. The largest absolute Gasteiger partial charge is 0.493 e. The van der Waals surface area contributed by atoms with E-state index in [9.17, 15) is 9.59 Å². The number of nitrogens with zero attached hydrogens (tertiary/aromatic N) is 4. The average molecular weight is 452 g/mol. The number of carbonyl (C=O) groups excluding carboxylic acids is 1. The van der Waals surface area contributed by atoms with E-state index in [0.29, 0.717) is 41.4 Å². The third kappa shape index (κ3) is 3.91. The van der Waals surface area contributed by atoms with Crippen molar-refractivity contribution >= 4 is 22.6 Å². The fourth-order valence-corrected chi connectivity index (χ4v) is 4.53. The van der Waals surface area contributed by atoms with Crippen LogP contribution in [0.5, 0.6) is 5.75 Å². The summed E-state index contributed by atoms with van der Waals surface area (Å²) in [4.78, 5) is 39.3. The molecule has 0 aliphatic carbocycles. The van der Waals surface area contributed by atoms with E-state index >= 15 is 4.39 Å². The maximum Gasteiger partial charge on any atom is 0.269 e. The first-order valence-electron chi connectivity index (χ1n) is 11.0. The summed E-state index contributed by atoms with van der Waals surface area (Å²) >= 11 is 0. The molecule has 4 heterocycles. The van der Waals surface area contributed by atoms with Gasteiger partial charge in [0, 0.05) is 50.9 Å². The molecule has 9 nitrogen and oxygen atoms in total. The van der Waals surface area contributed by atoms with Crippen LogP contribution in [0.25, 0.3) is 11.0 Å². The molecule has 3 aromatic rings. The average Bonchev–Trinajstić information content (AvgIpc) is 2.81. The number of fused-ring (bicyclic) bond motifs is 3. The van der Waals surface area contributed by atoms with Crippen molar-refractivity contribution < 1.29 is 13.9 Å². The number of anilines is 1. The molecular formula is C23H25FN6O3.